The third-order valence-electron chi connectivity index (χ3n) is 3.20. The number of benzene rings is 2. The van der Waals surface area contributed by atoms with Gasteiger partial charge in [-0.25, -0.2) is 4.39 Å². The number of nitrogens with zero attached hydrogens (tertiary/aromatic N) is 1. The zero-order valence-electron chi connectivity index (χ0n) is 13.2. The first-order chi connectivity index (χ1) is 11.8. The lowest BCUT2D eigenvalue weighted by Gasteiger charge is -2.10. The molecule has 0 radical (unpaired) electrons. The average Bonchev–Trinajstić information content (AvgIpc) is 2.56. The summed E-state index contributed by atoms with van der Waals surface area (Å²) in [7, 11) is 0. The fraction of sp³-hybridized carbons (Fsp3) is 0.0588. The Morgan fingerprint density at radius 3 is 2.52 bits per heavy atom. The van der Waals surface area contributed by atoms with Gasteiger partial charge >= 0.3 is 0 Å². The minimum atomic E-state index is -0.489. The van der Waals surface area contributed by atoms with E-state index in [1.54, 1.807) is 6.92 Å². The molecule has 0 aliphatic carbocycles. The van der Waals surface area contributed by atoms with Gasteiger partial charge in [0.25, 0.3) is 5.69 Å². The Balaban J connectivity index is 1.94. The number of nitro benzene ring substituents is 1. The number of nitrogens with one attached hydrogen (secondary N) is 2. The Labute approximate surface area is 148 Å². The summed E-state index contributed by atoms with van der Waals surface area (Å²) in [5, 5.41) is 16.0. The summed E-state index contributed by atoms with van der Waals surface area (Å²) in [6.07, 6.45) is 2.79. The molecule has 0 aromatic heterocycles. The van der Waals surface area contributed by atoms with Crippen LogP contribution < -0.4 is 10.6 Å². The standard InChI is InChI=1S/C17H14FN3O3S/c1-11-10-14(21(23)24)7-8-15(11)19-17(25)20-16(22)9-4-12-2-5-13(18)6-3-12/h2-10H,1H3,(H2,19,20,22,25)/b9-4+. The molecule has 0 saturated heterocycles. The first-order valence-corrected chi connectivity index (χ1v) is 7.56. The molecule has 0 aliphatic rings. The Hall–Kier alpha value is -3.13. The summed E-state index contributed by atoms with van der Waals surface area (Å²) in [6, 6.07) is 9.92. The number of hydrogen-bond acceptors (Lipinski definition) is 4. The van der Waals surface area contributed by atoms with Crippen molar-refractivity contribution in [1.29, 1.82) is 0 Å². The molecule has 0 unspecified atom stereocenters. The molecule has 0 aliphatic heterocycles. The van der Waals surface area contributed by atoms with Crippen LogP contribution in [0.3, 0.4) is 0 Å². The Morgan fingerprint density at radius 2 is 1.92 bits per heavy atom. The lowest BCUT2D eigenvalue weighted by Crippen LogP contribution is -2.33. The number of anilines is 1. The van der Waals surface area contributed by atoms with Gasteiger partial charge in [-0.2, -0.15) is 0 Å². The molecule has 0 spiro atoms. The predicted octanol–water partition coefficient (Wildman–Crippen LogP) is 3.57. The molecule has 0 heterocycles. The molecule has 2 aromatic rings. The fourth-order valence-electron chi connectivity index (χ4n) is 1.95. The second-order valence-corrected chi connectivity index (χ2v) is 5.49. The van der Waals surface area contributed by atoms with Gasteiger partial charge in [0.15, 0.2) is 5.11 Å². The highest BCUT2D eigenvalue weighted by molar-refractivity contribution is 7.80. The van der Waals surface area contributed by atoms with Crippen LogP contribution in [0.25, 0.3) is 6.08 Å². The molecule has 2 aromatic carbocycles. The van der Waals surface area contributed by atoms with Gasteiger partial charge in [-0.3, -0.25) is 20.2 Å². The van der Waals surface area contributed by atoms with E-state index in [2.05, 4.69) is 10.6 Å². The molecule has 0 atom stereocenters. The van der Waals surface area contributed by atoms with Crippen molar-refractivity contribution in [2.75, 3.05) is 5.32 Å². The van der Waals surface area contributed by atoms with Gasteiger partial charge in [0.1, 0.15) is 5.82 Å². The van der Waals surface area contributed by atoms with Crippen LogP contribution in [-0.4, -0.2) is 15.9 Å². The third kappa shape index (κ3) is 5.47. The lowest BCUT2D eigenvalue weighted by molar-refractivity contribution is -0.384. The van der Waals surface area contributed by atoms with Gasteiger partial charge in [-0.15, -0.1) is 0 Å². The summed E-state index contributed by atoms with van der Waals surface area (Å²) in [4.78, 5) is 22.0. The Bertz CT molecular complexity index is 851. The van der Waals surface area contributed by atoms with E-state index in [1.807, 2.05) is 0 Å². The quantitative estimate of drug-likeness (QED) is 0.377. The number of nitro groups is 1. The predicted molar refractivity (Wildman–Crippen MR) is 97.6 cm³/mol. The molecule has 0 fully saturated rings. The largest absolute Gasteiger partial charge is 0.332 e. The highest BCUT2D eigenvalue weighted by Gasteiger charge is 2.09. The van der Waals surface area contributed by atoms with Crippen molar-refractivity contribution < 1.29 is 14.1 Å². The molecule has 1 amide bonds. The van der Waals surface area contributed by atoms with E-state index >= 15 is 0 Å². The zero-order chi connectivity index (χ0) is 18.4. The number of carbonyl (C=O) groups is 1. The number of amides is 1. The number of non-ortho nitro benzene ring substituents is 1. The van der Waals surface area contributed by atoms with Crippen LogP contribution in [0.15, 0.2) is 48.5 Å². The number of hydrogen-bond donors (Lipinski definition) is 2. The molecule has 0 bridgehead atoms. The van der Waals surface area contributed by atoms with Gasteiger partial charge in [-0.1, -0.05) is 12.1 Å². The maximum Gasteiger partial charge on any atom is 0.269 e. The highest BCUT2D eigenvalue weighted by Crippen LogP contribution is 2.21. The van der Waals surface area contributed by atoms with Crippen molar-refractivity contribution in [1.82, 2.24) is 5.32 Å². The summed E-state index contributed by atoms with van der Waals surface area (Å²) >= 11 is 5.04. The topological polar surface area (TPSA) is 84.3 Å². The zero-order valence-corrected chi connectivity index (χ0v) is 14.0. The van der Waals surface area contributed by atoms with E-state index in [4.69, 9.17) is 12.2 Å². The van der Waals surface area contributed by atoms with Crippen molar-refractivity contribution in [2.45, 2.75) is 6.92 Å². The SMILES string of the molecule is Cc1cc([N+](=O)[O-])ccc1NC(=S)NC(=O)/C=C/c1ccc(F)cc1. The number of aryl methyl sites for hydroxylation is 1. The fourth-order valence-corrected chi connectivity index (χ4v) is 2.17. The van der Waals surface area contributed by atoms with Crippen LogP contribution in [-0.2, 0) is 4.79 Å². The summed E-state index contributed by atoms with van der Waals surface area (Å²) in [5.74, 6) is -0.813. The van der Waals surface area contributed by atoms with Gasteiger partial charge in [0.05, 0.1) is 4.92 Å². The molecule has 0 saturated carbocycles. The normalized spacial score (nSPS) is 10.5. The Kier molecular flexibility index (Phi) is 5.91. The van der Waals surface area contributed by atoms with Crippen molar-refractivity contribution >= 4 is 40.7 Å². The van der Waals surface area contributed by atoms with Crippen molar-refractivity contribution in [3.05, 3.63) is 75.6 Å². The maximum atomic E-state index is 12.8. The van der Waals surface area contributed by atoms with E-state index in [1.165, 1.54) is 54.6 Å². The maximum absolute atomic E-state index is 12.8. The van der Waals surface area contributed by atoms with Gasteiger partial charge in [-0.05, 0) is 54.5 Å². The third-order valence-corrected chi connectivity index (χ3v) is 3.41. The second-order valence-electron chi connectivity index (χ2n) is 5.08. The van der Waals surface area contributed by atoms with Crippen LogP contribution in [0, 0.1) is 22.9 Å². The number of thiocarbonyl (C=S) groups is 1. The monoisotopic (exact) mass is 359 g/mol. The summed E-state index contributed by atoms with van der Waals surface area (Å²) in [5.41, 5.74) is 1.81. The molecular weight excluding hydrogens is 345 g/mol. The van der Waals surface area contributed by atoms with Crippen LogP contribution in [0.4, 0.5) is 15.8 Å². The van der Waals surface area contributed by atoms with E-state index < -0.39 is 10.8 Å². The molecule has 25 heavy (non-hydrogen) atoms. The van der Waals surface area contributed by atoms with Crippen LogP contribution in [0.5, 0.6) is 0 Å². The molecule has 8 heteroatoms. The molecule has 2 rings (SSSR count). The van der Waals surface area contributed by atoms with Crippen molar-refractivity contribution in [3.63, 3.8) is 0 Å². The van der Waals surface area contributed by atoms with Crippen LogP contribution >= 0.6 is 12.2 Å². The van der Waals surface area contributed by atoms with E-state index in [9.17, 15) is 19.3 Å². The summed E-state index contributed by atoms with van der Waals surface area (Å²) in [6.45, 7) is 1.69. The van der Waals surface area contributed by atoms with Gasteiger partial charge in [0, 0.05) is 23.9 Å². The van der Waals surface area contributed by atoms with E-state index in [0.29, 0.717) is 16.8 Å². The number of carbonyl (C=O) groups excluding carboxylic acids is 1. The molecule has 6 nitrogen and oxygen atoms in total. The highest BCUT2D eigenvalue weighted by atomic mass is 32.1. The number of halogens is 1. The lowest BCUT2D eigenvalue weighted by atomic mass is 10.2. The summed E-state index contributed by atoms with van der Waals surface area (Å²) < 4.78 is 12.8. The Morgan fingerprint density at radius 1 is 1.24 bits per heavy atom. The minimum Gasteiger partial charge on any atom is -0.332 e. The van der Waals surface area contributed by atoms with Gasteiger partial charge in [0.2, 0.25) is 5.91 Å². The van der Waals surface area contributed by atoms with E-state index in [0.717, 1.165) is 0 Å². The van der Waals surface area contributed by atoms with Crippen LogP contribution in [0.2, 0.25) is 0 Å². The minimum absolute atomic E-state index is 0.0276. The van der Waals surface area contributed by atoms with E-state index in [-0.39, 0.29) is 16.6 Å². The second kappa shape index (κ2) is 8.11. The molecular formula is C17H14FN3O3S. The number of rotatable bonds is 4. The van der Waals surface area contributed by atoms with Crippen LogP contribution in [0.1, 0.15) is 11.1 Å². The van der Waals surface area contributed by atoms with Crippen molar-refractivity contribution in [2.24, 2.45) is 0 Å². The molecule has 2 N–H and O–H groups in total. The smallest absolute Gasteiger partial charge is 0.269 e. The average molecular weight is 359 g/mol. The first-order valence-electron chi connectivity index (χ1n) is 7.16. The molecule has 128 valence electrons. The first kappa shape index (κ1) is 18.2. The van der Waals surface area contributed by atoms with Crippen molar-refractivity contribution in [3.8, 4) is 0 Å². The van der Waals surface area contributed by atoms with Gasteiger partial charge < -0.3 is 5.32 Å².